The third kappa shape index (κ3) is 3.78. The third-order valence-corrected chi connectivity index (χ3v) is 5.19. The third-order valence-electron chi connectivity index (χ3n) is 5.19. The summed E-state index contributed by atoms with van der Waals surface area (Å²) >= 11 is 0. The molecule has 0 aliphatic heterocycles. The number of nitrogens with zero attached hydrogens (tertiary/aromatic N) is 2. The molecule has 1 aliphatic rings. The summed E-state index contributed by atoms with van der Waals surface area (Å²) in [6.07, 6.45) is 7.90. The Balaban J connectivity index is 1.53. The molecule has 7 nitrogen and oxygen atoms in total. The lowest BCUT2D eigenvalue weighted by molar-refractivity contribution is 0.0665. The van der Waals surface area contributed by atoms with E-state index in [-0.39, 0.29) is 5.76 Å². The molecule has 0 amide bonds. The number of hydrogen-bond acceptors (Lipinski definition) is 6. The van der Waals surface area contributed by atoms with Crippen molar-refractivity contribution in [3.8, 4) is 11.3 Å². The number of carboxylic acid groups (broad SMARTS) is 1. The van der Waals surface area contributed by atoms with Gasteiger partial charge in [-0.1, -0.05) is 0 Å². The van der Waals surface area contributed by atoms with Gasteiger partial charge in [-0.05, 0) is 62.4 Å². The van der Waals surface area contributed by atoms with Gasteiger partial charge in [0.05, 0.1) is 18.1 Å². The van der Waals surface area contributed by atoms with Gasteiger partial charge in [-0.2, -0.15) is 0 Å². The van der Waals surface area contributed by atoms with Crippen LogP contribution in [0, 0.1) is 5.92 Å². The Hall–Kier alpha value is -2.93. The van der Waals surface area contributed by atoms with Crippen LogP contribution in [0.5, 0.6) is 0 Å². The number of carboxylic acids is 1. The van der Waals surface area contributed by atoms with E-state index in [1.165, 1.54) is 6.07 Å². The fraction of sp³-hybridized carbons (Fsp3) is 0.350. The van der Waals surface area contributed by atoms with Crippen molar-refractivity contribution in [1.82, 2.24) is 9.97 Å². The topological polar surface area (TPSA) is 114 Å². The molecule has 27 heavy (non-hydrogen) atoms. The number of furan rings is 1. The zero-order chi connectivity index (χ0) is 18.8. The van der Waals surface area contributed by atoms with Gasteiger partial charge in [-0.25, -0.2) is 9.78 Å². The largest absolute Gasteiger partial charge is 0.475 e. The van der Waals surface area contributed by atoms with Crippen molar-refractivity contribution in [1.29, 1.82) is 0 Å². The molecule has 4 rings (SSSR count). The molecule has 2 heterocycles. The summed E-state index contributed by atoms with van der Waals surface area (Å²) in [5, 5.41) is 13.3. The molecule has 1 saturated carbocycles. The van der Waals surface area contributed by atoms with Crippen LogP contribution in [0.3, 0.4) is 0 Å². The number of benzene rings is 1. The highest BCUT2D eigenvalue weighted by molar-refractivity contribution is 5.92. The molecule has 1 fully saturated rings. The van der Waals surface area contributed by atoms with E-state index in [2.05, 4.69) is 15.3 Å². The van der Waals surface area contributed by atoms with Crippen LogP contribution in [0.2, 0.25) is 0 Å². The van der Waals surface area contributed by atoms with E-state index in [9.17, 15) is 4.79 Å². The number of aromatic carboxylic acids is 1. The van der Waals surface area contributed by atoms with Gasteiger partial charge >= 0.3 is 5.97 Å². The number of nitrogens with one attached hydrogen (secondary N) is 1. The zero-order valence-corrected chi connectivity index (χ0v) is 14.9. The van der Waals surface area contributed by atoms with E-state index in [0.717, 1.165) is 54.7 Å². The Bertz CT molecular complexity index is 961. The number of carbonyl (C=O) groups is 1. The van der Waals surface area contributed by atoms with Gasteiger partial charge in [0.15, 0.2) is 0 Å². The lowest BCUT2D eigenvalue weighted by Crippen LogP contribution is -2.29. The molecule has 3 aromatic rings. The molecule has 7 heteroatoms. The predicted octanol–water partition coefficient (Wildman–Crippen LogP) is 3.52. The average molecular weight is 366 g/mol. The van der Waals surface area contributed by atoms with Crippen LogP contribution in [0.15, 0.2) is 41.1 Å². The Morgan fingerprint density at radius 3 is 2.78 bits per heavy atom. The number of anilines is 1. The summed E-state index contributed by atoms with van der Waals surface area (Å²) in [7, 11) is 0. The average Bonchev–Trinajstić information content (AvgIpc) is 3.12. The highest BCUT2D eigenvalue weighted by Crippen LogP contribution is 2.28. The number of hydrogen-bond donors (Lipinski definition) is 3. The fourth-order valence-electron chi connectivity index (χ4n) is 3.63. The summed E-state index contributed by atoms with van der Waals surface area (Å²) in [5.74, 6) is 0.236. The molecule has 2 aromatic heterocycles. The first-order valence-electron chi connectivity index (χ1n) is 9.18. The quantitative estimate of drug-likeness (QED) is 0.633. The first-order valence-corrected chi connectivity index (χ1v) is 9.18. The van der Waals surface area contributed by atoms with Crippen LogP contribution in [0.1, 0.15) is 36.2 Å². The fourth-order valence-corrected chi connectivity index (χ4v) is 3.63. The maximum Gasteiger partial charge on any atom is 0.371 e. The van der Waals surface area contributed by atoms with Gasteiger partial charge in [0.25, 0.3) is 0 Å². The van der Waals surface area contributed by atoms with E-state index in [4.69, 9.17) is 15.3 Å². The summed E-state index contributed by atoms with van der Waals surface area (Å²) < 4.78 is 5.31. The molecule has 0 saturated heterocycles. The minimum Gasteiger partial charge on any atom is -0.475 e. The van der Waals surface area contributed by atoms with Gasteiger partial charge in [0, 0.05) is 17.0 Å². The van der Waals surface area contributed by atoms with Crippen molar-refractivity contribution >= 4 is 22.8 Å². The number of nitrogens with two attached hydrogens (primary N) is 1. The van der Waals surface area contributed by atoms with Gasteiger partial charge in [0.2, 0.25) is 5.76 Å². The second-order valence-corrected chi connectivity index (χ2v) is 7.06. The lowest BCUT2D eigenvalue weighted by atomic mass is 9.86. The van der Waals surface area contributed by atoms with E-state index in [1.54, 1.807) is 18.5 Å². The number of rotatable bonds is 5. The molecule has 0 unspecified atom stereocenters. The molecule has 1 aliphatic carbocycles. The van der Waals surface area contributed by atoms with E-state index in [1.807, 2.05) is 12.1 Å². The van der Waals surface area contributed by atoms with Gasteiger partial charge in [0.1, 0.15) is 11.4 Å². The van der Waals surface area contributed by atoms with Gasteiger partial charge in [-0.15, -0.1) is 0 Å². The number of aromatic nitrogens is 2. The molecule has 0 radical (unpaired) electrons. The van der Waals surface area contributed by atoms with Crippen LogP contribution >= 0.6 is 0 Å². The monoisotopic (exact) mass is 366 g/mol. The Kier molecular flexibility index (Phi) is 4.77. The standard InChI is InChI=1S/C20H22N4O3/c21-9-12-1-4-15(5-2-12)23-19-11-22-10-16(24-19)13-3-6-17-14(7-13)8-18(27-17)20(25)26/h3,6-8,10-12,15H,1-2,4-5,9,21H2,(H,23,24)(H,25,26). The molecular weight excluding hydrogens is 344 g/mol. The maximum absolute atomic E-state index is 11.1. The van der Waals surface area contributed by atoms with Crippen molar-refractivity contribution in [3.05, 3.63) is 42.4 Å². The summed E-state index contributed by atoms with van der Waals surface area (Å²) in [6, 6.07) is 7.40. The minimum absolute atomic E-state index is 0.0725. The Morgan fingerprint density at radius 1 is 1.22 bits per heavy atom. The predicted molar refractivity (Wildman–Crippen MR) is 103 cm³/mol. The summed E-state index contributed by atoms with van der Waals surface area (Å²) in [4.78, 5) is 20.1. The van der Waals surface area contributed by atoms with E-state index < -0.39 is 5.97 Å². The zero-order valence-electron chi connectivity index (χ0n) is 14.9. The van der Waals surface area contributed by atoms with Crippen molar-refractivity contribution < 1.29 is 14.3 Å². The van der Waals surface area contributed by atoms with Crippen LogP contribution in [0.25, 0.3) is 22.2 Å². The summed E-state index contributed by atoms with van der Waals surface area (Å²) in [6.45, 7) is 0.766. The normalized spacial score (nSPS) is 19.9. The lowest BCUT2D eigenvalue weighted by Gasteiger charge is -2.28. The summed E-state index contributed by atoms with van der Waals surface area (Å²) in [5.41, 5.74) is 7.89. The van der Waals surface area contributed by atoms with Gasteiger partial charge in [-0.3, -0.25) is 4.98 Å². The Morgan fingerprint density at radius 2 is 2.04 bits per heavy atom. The van der Waals surface area contributed by atoms with Crippen molar-refractivity contribution in [2.75, 3.05) is 11.9 Å². The highest BCUT2D eigenvalue weighted by Gasteiger charge is 2.20. The highest BCUT2D eigenvalue weighted by atomic mass is 16.4. The van der Waals surface area contributed by atoms with Crippen molar-refractivity contribution in [2.45, 2.75) is 31.7 Å². The van der Waals surface area contributed by atoms with E-state index in [0.29, 0.717) is 17.5 Å². The van der Waals surface area contributed by atoms with Crippen LogP contribution in [0.4, 0.5) is 5.82 Å². The van der Waals surface area contributed by atoms with Crippen LogP contribution in [-0.2, 0) is 0 Å². The van der Waals surface area contributed by atoms with Crippen molar-refractivity contribution in [2.24, 2.45) is 11.7 Å². The first-order chi connectivity index (χ1) is 13.1. The second kappa shape index (κ2) is 7.36. The Labute approximate surface area is 156 Å². The van der Waals surface area contributed by atoms with E-state index >= 15 is 0 Å². The van der Waals surface area contributed by atoms with Gasteiger partial charge < -0.3 is 20.6 Å². The molecule has 0 spiro atoms. The van der Waals surface area contributed by atoms with Crippen LogP contribution < -0.4 is 11.1 Å². The first kappa shape index (κ1) is 17.5. The number of fused-ring (bicyclic) bond motifs is 1. The second-order valence-electron chi connectivity index (χ2n) is 7.06. The molecular formula is C20H22N4O3. The molecule has 1 aromatic carbocycles. The molecule has 0 bridgehead atoms. The van der Waals surface area contributed by atoms with Crippen LogP contribution in [-0.4, -0.2) is 33.6 Å². The SMILES string of the molecule is NCC1CCC(Nc2cncc(-c3ccc4oc(C(=O)O)cc4c3)n2)CC1. The maximum atomic E-state index is 11.1. The molecule has 0 atom stereocenters. The smallest absolute Gasteiger partial charge is 0.371 e. The van der Waals surface area contributed by atoms with Crippen molar-refractivity contribution in [3.63, 3.8) is 0 Å². The molecule has 140 valence electrons. The molecule has 4 N–H and O–H groups in total. The minimum atomic E-state index is -1.08.